The van der Waals surface area contributed by atoms with Crippen molar-refractivity contribution in [3.8, 4) is 0 Å². The monoisotopic (exact) mass is 1080 g/mol. The fraction of sp³-hybridized carbons (Fsp3) is 0.667. The molecule has 0 aromatic heterocycles. The van der Waals surface area contributed by atoms with Gasteiger partial charge in [-0.2, -0.15) is 0 Å². The highest BCUT2D eigenvalue weighted by Crippen LogP contribution is 2.38. The van der Waals surface area contributed by atoms with Gasteiger partial charge in [0.15, 0.2) is 0 Å². The first-order valence-corrected chi connectivity index (χ1v) is 29.6. The van der Waals surface area contributed by atoms with Crippen LogP contribution in [0, 0.1) is 0 Å². The Kier molecular flexibility index (Phi) is 20.8. The fourth-order valence-corrected chi connectivity index (χ4v) is 13.4. The van der Waals surface area contributed by atoms with Crippen LogP contribution in [0.1, 0.15) is 165 Å². The minimum Gasteiger partial charge on any atom is -0.351 e. The number of hydrogen-bond donors (Lipinski definition) is 6. The number of amides is 8. The number of unbranched alkanes of at least 4 members (excludes halogenated alkanes) is 5. The standard InChI is InChI=1S/C60H88N10O8/c1-39(61-3)55(73)65-49-37-67(35-33-43-29-31-51(69(43)59(49)77)57(75)63-47-25-17-23-45(47)41-19-11-9-12-20-41)53(71)27-15-7-5-6-8-16-28-54(72)68-36-34-44-30-32-52(70(44)60(78)50(38-68)66-56(74)40(2)62-4)58(76)64-48-26-18-24-46(48)42-21-13-10-14-22-42/h9-14,19-22,39-40,43-52,61-62H,5-8,15-18,23-38H2,1-4H3,(H,63,75)(H,64,76)(H,65,73)(H,66,74)/t39-,40-,43+,44+,45-,46-,47+,48+,49-,50-,51-,52?/m0/s1. The topological polar surface area (TPSA) is 222 Å². The maximum Gasteiger partial charge on any atom is 0.247 e. The molecular formula is C60H88N10O8. The average Bonchev–Trinajstić information content (AvgIpc) is 4.35. The van der Waals surface area contributed by atoms with Crippen molar-refractivity contribution in [3.05, 3.63) is 71.8 Å². The summed E-state index contributed by atoms with van der Waals surface area (Å²) in [5.41, 5.74) is 2.41. The zero-order valence-electron chi connectivity index (χ0n) is 46.7. The van der Waals surface area contributed by atoms with Crippen molar-refractivity contribution < 1.29 is 38.4 Å². The van der Waals surface area contributed by atoms with Gasteiger partial charge in [0.1, 0.15) is 24.2 Å². The van der Waals surface area contributed by atoms with Crippen molar-refractivity contribution in [1.29, 1.82) is 0 Å². The molecule has 4 aliphatic heterocycles. The van der Waals surface area contributed by atoms with E-state index in [1.807, 2.05) is 36.4 Å². The maximum atomic E-state index is 14.5. The van der Waals surface area contributed by atoms with Gasteiger partial charge >= 0.3 is 0 Å². The third kappa shape index (κ3) is 14.3. The summed E-state index contributed by atoms with van der Waals surface area (Å²) in [6, 6.07) is 15.6. The van der Waals surface area contributed by atoms with Gasteiger partial charge in [-0.25, -0.2) is 0 Å². The van der Waals surface area contributed by atoms with Crippen LogP contribution >= 0.6 is 0 Å². The van der Waals surface area contributed by atoms with E-state index in [0.717, 1.165) is 64.2 Å². The molecule has 6 aliphatic rings. The molecule has 6 N–H and O–H groups in total. The molecule has 18 nitrogen and oxygen atoms in total. The molecule has 1 unspecified atom stereocenters. The number of nitrogens with one attached hydrogen (secondary N) is 6. The van der Waals surface area contributed by atoms with E-state index in [-0.39, 0.29) is 96.4 Å². The summed E-state index contributed by atoms with van der Waals surface area (Å²) in [5, 5.41) is 18.4. The van der Waals surface area contributed by atoms with Gasteiger partial charge < -0.3 is 51.5 Å². The lowest BCUT2D eigenvalue weighted by Crippen LogP contribution is -2.62. The van der Waals surface area contributed by atoms with Crippen LogP contribution in [-0.4, -0.2) is 168 Å². The Morgan fingerprint density at radius 3 is 1.26 bits per heavy atom. The van der Waals surface area contributed by atoms with Gasteiger partial charge in [-0.05, 0) is 116 Å². The first-order valence-electron chi connectivity index (χ1n) is 29.6. The lowest BCUT2D eigenvalue weighted by molar-refractivity contribution is -0.147. The Balaban J connectivity index is 0.793. The van der Waals surface area contributed by atoms with E-state index in [4.69, 9.17) is 0 Å². The van der Waals surface area contributed by atoms with Gasteiger partial charge in [0.05, 0.1) is 12.1 Å². The van der Waals surface area contributed by atoms with Crippen LogP contribution in [0.25, 0.3) is 0 Å². The summed E-state index contributed by atoms with van der Waals surface area (Å²) in [4.78, 5) is 118. The molecule has 6 fully saturated rings. The van der Waals surface area contributed by atoms with E-state index in [9.17, 15) is 38.4 Å². The van der Waals surface area contributed by atoms with E-state index in [1.165, 1.54) is 11.1 Å². The molecule has 0 bridgehead atoms. The summed E-state index contributed by atoms with van der Waals surface area (Å²) >= 11 is 0. The Morgan fingerprint density at radius 1 is 0.487 bits per heavy atom. The summed E-state index contributed by atoms with van der Waals surface area (Å²) in [6.07, 6.45) is 14.5. The smallest absolute Gasteiger partial charge is 0.247 e. The molecule has 2 saturated carbocycles. The number of hydrogen-bond acceptors (Lipinski definition) is 10. The zero-order chi connectivity index (χ0) is 55.3. The summed E-state index contributed by atoms with van der Waals surface area (Å²) in [6.45, 7) is 4.33. The van der Waals surface area contributed by atoms with Crippen molar-refractivity contribution >= 4 is 47.3 Å². The molecule has 0 spiro atoms. The number of nitrogens with zero attached hydrogens (tertiary/aromatic N) is 4. The molecule has 8 amide bonds. The lowest BCUT2D eigenvalue weighted by Gasteiger charge is -2.39. The molecule has 2 aromatic rings. The molecule has 2 aliphatic carbocycles. The van der Waals surface area contributed by atoms with Crippen LogP contribution in [-0.2, 0) is 38.4 Å². The predicted octanol–water partition coefficient (Wildman–Crippen LogP) is 4.38. The van der Waals surface area contributed by atoms with Gasteiger partial charge in [0.25, 0.3) is 0 Å². The number of rotatable bonds is 21. The van der Waals surface area contributed by atoms with Gasteiger partial charge in [0.2, 0.25) is 47.3 Å². The summed E-state index contributed by atoms with van der Waals surface area (Å²) < 4.78 is 0. The van der Waals surface area contributed by atoms with E-state index in [1.54, 1.807) is 47.5 Å². The highest BCUT2D eigenvalue weighted by Gasteiger charge is 2.48. The number of fused-ring (bicyclic) bond motifs is 2. The molecule has 4 heterocycles. The van der Waals surface area contributed by atoms with Crippen molar-refractivity contribution in [2.45, 2.75) is 215 Å². The van der Waals surface area contributed by atoms with Gasteiger partial charge in [-0.15, -0.1) is 0 Å². The molecule has 12 atom stereocenters. The average molecular weight is 1080 g/mol. The van der Waals surface area contributed by atoms with Crippen molar-refractivity contribution in [1.82, 2.24) is 51.5 Å². The van der Waals surface area contributed by atoms with Crippen LogP contribution in [0.15, 0.2) is 60.7 Å². The number of benzene rings is 2. The fourth-order valence-electron chi connectivity index (χ4n) is 13.4. The molecule has 78 heavy (non-hydrogen) atoms. The lowest BCUT2D eigenvalue weighted by atomic mass is 9.94. The van der Waals surface area contributed by atoms with E-state index < -0.39 is 36.3 Å². The van der Waals surface area contributed by atoms with E-state index in [2.05, 4.69) is 56.2 Å². The predicted molar refractivity (Wildman–Crippen MR) is 297 cm³/mol. The first-order chi connectivity index (χ1) is 37.8. The van der Waals surface area contributed by atoms with Crippen LogP contribution in [0.2, 0.25) is 0 Å². The Morgan fingerprint density at radius 2 is 0.872 bits per heavy atom. The molecule has 4 saturated heterocycles. The second-order valence-electron chi connectivity index (χ2n) is 23.1. The van der Waals surface area contributed by atoms with E-state index in [0.29, 0.717) is 77.3 Å². The molecular weight excluding hydrogens is 989 g/mol. The number of carbonyl (C=O) groups excluding carboxylic acids is 8. The van der Waals surface area contributed by atoms with Crippen LogP contribution in [0.4, 0.5) is 0 Å². The van der Waals surface area contributed by atoms with Crippen LogP contribution in [0.5, 0.6) is 0 Å². The van der Waals surface area contributed by atoms with Crippen LogP contribution < -0.4 is 31.9 Å². The highest BCUT2D eigenvalue weighted by atomic mass is 16.2. The summed E-state index contributed by atoms with van der Waals surface area (Å²) in [5.74, 6) is -1.35. The maximum absolute atomic E-state index is 14.5. The minimum atomic E-state index is -0.996. The van der Waals surface area contributed by atoms with Crippen molar-refractivity contribution in [2.75, 3.05) is 40.3 Å². The van der Waals surface area contributed by atoms with Gasteiger partial charge in [-0.3, -0.25) is 38.4 Å². The molecule has 8 rings (SSSR count). The summed E-state index contributed by atoms with van der Waals surface area (Å²) in [7, 11) is 3.35. The van der Waals surface area contributed by atoms with Crippen molar-refractivity contribution in [3.63, 3.8) is 0 Å². The van der Waals surface area contributed by atoms with Gasteiger partial charge in [-0.1, -0.05) is 99.2 Å². The number of carbonyl (C=O) groups is 8. The van der Waals surface area contributed by atoms with E-state index >= 15 is 0 Å². The molecule has 2 aromatic carbocycles. The van der Waals surface area contributed by atoms with Crippen LogP contribution in [0.3, 0.4) is 0 Å². The number of likely N-dealkylation sites (N-methyl/N-ethyl adjacent to an activating group) is 2. The largest absolute Gasteiger partial charge is 0.351 e. The Bertz CT molecular complexity index is 2230. The highest BCUT2D eigenvalue weighted by molar-refractivity contribution is 5.96. The zero-order valence-corrected chi connectivity index (χ0v) is 46.7. The van der Waals surface area contributed by atoms with Gasteiger partial charge in [0, 0.05) is 75.0 Å². The molecule has 18 heteroatoms. The SMILES string of the molecule is CN[C@@H](C)C(=O)N[C@H]1CN(C(=O)CCCCCCCCC(=O)N2CC[C@H]3CC[C@@H](C(=O)N[C@@H]4CCC[C@H]4c4ccccc4)N3C(=O)[C@@H](NC(=O)[C@H](C)NC)C2)CC[C@H]2CCC(C(=O)N[C@@H]3CCC[C@H]3c3ccccc3)N2C1=O. The Hall–Kier alpha value is -5.88. The minimum absolute atomic E-state index is 0.0156. The first kappa shape index (κ1) is 58.3. The molecule has 0 radical (unpaired) electrons. The molecule has 426 valence electrons. The third-order valence-electron chi connectivity index (χ3n) is 18.2. The van der Waals surface area contributed by atoms with Crippen molar-refractivity contribution in [2.24, 2.45) is 0 Å². The second kappa shape index (κ2) is 27.8. The third-order valence-corrected chi connectivity index (χ3v) is 18.2. The quantitative estimate of drug-likeness (QED) is 0.0969. The normalized spacial score (nSPS) is 28.1. The Labute approximate surface area is 462 Å². The second-order valence-corrected chi connectivity index (χ2v) is 23.1.